The Bertz CT molecular complexity index is 1140. The first-order valence-electron chi connectivity index (χ1n) is 9.38. The van der Waals surface area contributed by atoms with Gasteiger partial charge in [0.1, 0.15) is 5.01 Å². The highest BCUT2D eigenvalue weighted by Crippen LogP contribution is 2.27. The number of aromatic nitrogens is 2. The molecule has 4 rings (SSSR count). The number of nitrogens with one attached hydrogen (secondary N) is 1. The Labute approximate surface area is 183 Å². The second kappa shape index (κ2) is 8.81. The van der Waals surface area contributed by atoms with Crippen molar-refractivity contribution in [3.8, 4) is 10.6 Å². The van der Waals surface area contributed by atoms with Gasteiger partial charge in [0.2, 0.25) is 15.2 Å². The van der Waals surface area contributed by atoms with Crippen molar-refractivity contribution in [1.29, 1.82) is 0 Å². The van der Waals surface area contributed by atoms with Crippen LogP contribution in [0.2, 0.25) is 5.02 Å². The van der Waals surface area contributed by atoms with E-state index in [1.165, 1.54) is 15.6 Å². The lowest BCUT2D eigenvalue weighted by Gasteiger charge is -2.15. The molecule has 10 heteroatoms. The van der Waals surface area contributed by atoms with Crippen LogP contribution in [0.1, 0.15) is 28.8 Å². The number of halogens is 1. The van der Waals surface area contributed by atoms with E-state index >= 15 is 0 Å². The topological polar surface area (TPSA) is 92.3 Å². The highest BCUT2D eigenvalue weighted by atomic mass is 35.5. The zero-order valence-electron chi connectivity index (χ0n) is 15.9. The summed E-state index contributed by atoms with van der Waals surface area (Å²) in [7, 11) is -3.31. The van der Waals surface area contributed by atoms with Crippen molar-refractivity contribution < 1.29 is 13.2 Å². The molecule has 0 aliphatic carbocycles. The number of rotatable bonds is 6. The van der Waals surface area contributed by atoms with Crippen LogP contribution in [-0.2, 0) is 15.8 Å². The smallest absolute Gasteiger partial charge is 0.257 e. The third kappa shape index (κ3) is 4.86. The van der Waals surface area contributed by atoms with Gasteiger partial charge in [-0.05, 0) is 42.7 Å². The molecule has 0 radical (unpaired) electrons. The predicted molar refractivity (Wildman–Crippen MR) is 118 cm³/mol. The maximum absolute atomic E-state index is 12.5. The molecular weight excluding hydrogens is 444 g/mol. The summed E-state index contributed by atoms with van der Waals surface area (Å²) in [4.78, 5) is 12.5. The van der Waals surface area contributed by atoms with E-state index in [2.05, 4.69) is 15.5 Å². The van der Waals surface area contributed by atoms with Crippen LogP contribution in [0, 0.1) is 0 Å². The van der Waals surface area contributed by atoms with Gasteiger partial charge >= 0.3 is 0 Å². The van der Waals surface area contributed by atoms with Crippen LogP contribution < -0.4 is 5.32 Å². The summed E-state index contributed by atoms with van der Waals surface area (Å²) in [6.45, 7) is 1.17. The Morgan fingerprint density at radius 1 is 1.03 bits per heavy atom. The number of hydrogen-bond acceptors (Lipinski definition) is 6. The molecule has 156 valence electrons. The fraction of sp³-hybridized carbons (Fsp3) is 0.250. The molecule has 1 amide bonds. The summed E-state index contributed by atoms with van der Waals surface area (Å²) >= 11 is 7.15. The van der Waals surface area contributed by atoms with Crippen LogP contribution >= 0.6 is 22.9 Å². The second-order valence-corrected chi connectivity index (χ2v) is 10.3. The molecule has 1 aliphatic rings. The van der Waals surface area contributed by atoms with Gasteiger partial charge in [0.25, 0.3) is 5.91 Å². The molecule has 0 atom stereocenters. The molecule has 0 spiro atoms. The second-order valence-electron chi connectivity index (χ2n) is 6.93. The minimum Gasteiger partial charge on any atom is -0.296 e. The number of nitrogens with zero attached hydrogens (tertiary/aromatic N) is 3. The molecule has 2 heterocycles. The number of sulfonamides is 1. The van der Waals surface area contributed by atoms with E-state index in [0.717, 1.165) is 18.4 Å². The molecule has 1 N–H and O–H groups in total. The zero-order chi connectivity index (χ0) is 21.1. The lowest BCUT2D eigenvalue weighted by molar-refractivity contribution is 0.102. The van der Waals surface area contributed by atoms with Crippen LogP contribution in [0.3, 0.4) is 0 Å². The van der Waals surface area contributed by atoms with Crippen LogP contribution in [0.15, 0.2) is 48.5 Å². The highest BCUT2D eigenvalue weighted by Gasteiger charge is 2.25. The number of carbonyl (C=O) groups excluding carboxylic acids is 1. The normalized spacial score (nSPS) is 14.7. The average Bonchev–Trinajstić information content (AvgIpc) is 3.41. The average molecular weight is 463 g/mol. The lowest BCUT2D eigenvalue weighted by atomic mass is 10.1. The first-order chi connectivity index (χ1) is 14.4. The summed E-state index contributed by atoms with van der Waals surface area (Å²) in [5.74, 6) is -0.391. The predicted octanol–water partition coefficient (Wildman–Crippen LogP) is 4.04. The van der Waals surface area contributed by atoms with E-state index in [-0.39, 0.29) is 11.7 Å². The number of anilines is 1. The molecule has 0 bridgehead atoms. The Morgan fingerprint density at radius 2 is 1.70 bits per heavy atom. The largest absolute Gasteiger partial charge is 0.296 e. The molecule has 1 aromatic heterocycles. The summed E-state index contributed by atoms with van der Waals surface area (Å²) in [6, 6.07) is 13.8. The summed E-state index contributed by atoms with van der Waals surface area (Å²) < 4.78 is 26.4. The Balaban J connectivity index is 1.40. The zero-order valence-corrected chi connectivity index (χ0v) is 18.3. The first kappa shape index (κ1) is 20.9. The lowest BCUT2D eigenvalue weighted by Crippen LogP contribution is -2.29. The van der Waals surface area contributed by atoms with E-state index in [9.17, 15) is 13.2 Å². The number of amides is 1. The molecule has 0 unspecified atom stereocenters. The standard InChI is InChI=1S/C20H19ClN4O3S2/c21-17-9-7-16(8-10-17)19-23-24-20(29-19)22-18(26)15-5-3-14(4-6-15)13-30(27,28)25-11-1-2-12-25/h3-10H,1-2,11-13H2,(H,22,24,26). The van der Waals surface area contributed by atoms with Gasteiger partial charge in [0.05, 0.1) is 5.75 Å². The van der Waals surface area contributed by atoms with E-state index in [1.807, 2.05) is 12.1 Å². The van der Waals surface area contributed by atoms with Crippen LogP contribution in [0.5, 0.6) is 0 Å². The van der Waals surface area contributed by atoms with Crippen molar-refractivity contribution in [2.75, 3.05) is 18.4 Å². The van der Waals surface area contributed by atoms with Gasteiger partial charge in [-0.1, -0.05) is 47.2 Å². The fourth-order valence-electron chi connectivity index (χ4n) is 3.17. The van der Waals surface area contributed by atoms with Crippen LogP contribution in [0.4, 0.5) is 5.13 Å². The molecule has 1 aliphatic heterocycles. The minimum absolute atomic E-state index is 0.0598. The van der Waals surface area contributed by atoms with E-state index in [0.29, 0.717) is 39.4 Å². The summed E-state index contributed by atoms with van der Waals surface area (Å²) in [5, 5.41) is 12.5. The number of hydrogen-bond donors (Lipinski definition) is 1. The fourth-order valence-corrected chi connectivity index (χ4v) is 5.65. The van der Waals surface area contributed by atoms with Crippen molar-refractivity contribution in [2.24, 2.45) is 0 Å². The molecule has 1 saturated heterocycles. The minimum atomic E-state index is -3.31. The van der Waals surface area contributed by atoms with Gasteiger partial charge in [0, 0.05) is 29.2 Å². The van der Waals surface area contributed by atoms with Gasteiger partial charge in [-0.2, -0.15) is 0 Å². The van der Waals surface area contributed by atoms with Gasteiger partial charge < -0.3 is 0 Å². The quantitative estimate of drug-likeness (QED) is 0.596. The SMILES string of the molecule is O=C(Nc1nnc(-c2ccc(Cl)cc2)s1)c1ccc(CS(=O)(=O)N2CCCC2)cc1. The van der Waals surface area contributed by atoms with Crippen molar-refractivity contribution in [3.05, 3.63) is 64.7 Å². The molecular formula is C20H19ClN4O3S2. The van der Waals surface area contributed by atoms with Crippen molar-refractivity contribution in [2.45, 2.75) is 18.6 Å². The third-order valence-corrected chi connectivity index (χ3v) is 7.75. The van der Waals surface area contributed by atoms with Crippen molar-refractivity contribution in [1.82, 2.24) is 14.5 Å². The van der Waals surface area contributed by atoms with Crippen molar-refractivity contribution in [3.63, 3.8) is 0 Å². The first-order valence-corrected chi connectivity index (χ1v) is 12.2. The van der Waals surface area contributed by atoms with Gasteiger partial charge in [-0.15, -0.1) is 10.2 Å². The van der Waals surface area contributed by atoms with Gasteiger partial charge in [0.15, 0.2) is 0 Å². The maximum Gasteiger partial charge on any atom is 0.257 e. The van der Waals surface area contributed by atoms with Crippen LogP contribution in [0.25, 0.3) is 10.6 Å². The number of benzene rings is 2. The van der Waals surface area contributed by atoms with Crippen LogP contribution in [-0.4, -0.2) is 41.9 Å². The van der Waals surface area contributed by atoms with E-state index in [1.54, 1.807) is 36.4 Å². The Morgan fingerprint density at radius 3 is 2.37 bits per heavy atom. The summed E-state index contributed by atoms with van der Waals surface area (Å²) in [6.07, 6.45) is 1.81. The highest BCUT2D eigenvalue weighted by molar-refractivity contribution is 7.88. The molecule has 3 aromatic rings. The Hall–Kier alpha value is -2.33. The molecule has 0 saturated carbocycles. The summed E-state index contributed by atoms with van der Waals surface area (Å²) in [5.41, 5.74) is 1.93. The monoisotopic (exact) mass is 462 g/mol. The molecule has 2 aromatic carbocycles. The maximum atomic E-state index is 12.5. The van der Waals surface area contributed by atoms with Crippen molar-refractivity contribution >= 4 is 44.0 Å². The third-order valence-electron chi connectivity index (χ3n) is 4.76. The Kier molecular flexibility index (Phi) is 6.14. The van der Waals surface area contributed by atoms with Gasteiger partial charge in [-0.3, -0.25) is 10.1 Å². The van der Waals surface area contributed by atoms with E-state index in [4.69, 9.17) is 11.6 Å². The van der Waals surface area contributed by atoms with E-state index < -0.39 is 10.0 Å². The molecule has 1 fully saturated rings. The molecule has 30 heavy (non-hydrogen) atoms. The van der Waals surface area contributed by atoms with Gasteiger partial charge in [-0.25, -0.2) is 12.7 Å². The molecule has 7 nitrogen and oxygen atoms in total. The number of carbonyl (C=O) groups is 1.